The minimum absolute atomic E-state index is 0.00757. The number of amides is 2. The molecule has 5 nitrogen and oxygen atoms in total. The van der Waals surface area contributed by atoms with Crippen molar-refractivity contribution in [3.63, 3.8) is 0 Å². The van der Waals surface area contributed by atoms with E-state index in [1.165, 1.54) is 0 Å². The zero-order valence-electron chi connectivity index (χ0n) is 18.5. The molecule has 0 saturated heterocycles. The van der Waals surface area contributed by atoms with Gasteiger partial charge < -0.3 is 10.6 Å². The third-order valence-electron chi connectivity index (χ3n) is 5.12. The van der Waals surface area contributed by atoms with Gasteiger partial charge in [-0.3, -0.25) is 14.9 Å². The molecular weight excluding hydrogens is 386 g/mol. The second kappa shape index (κ2) is 10.0. The average molecular weight is 416 g/mol. The van der Waals surface area contributed by atoms with E-state index in [1.54, 1.807) is 0 Å². The second-order valence-corrected chi connectivity index (χ2v) is 7.90. The van der Waals surface area contributed by atoms with E-state index in [0.717, 1.165) is 33.5 Å². The molecule has 1 atom stereocenters. The van der Waals surface area contributed by atoms with Gasteiger partial charge in [0.1, 0.15) is 6.04 Å². The summed E-state index contributed by atoms with van der Waals surface area (Å²) in [5.41, 5.74) is 6.64. The molecule has 3 aromatic rings. The maximum Gasteiger partial charge on any atom is 0.246 e. The Bertz CT molecular complexity index is 1040. The number of carbonyl (C=O) groups excluding carboxylic acids is 2. The first-order valence-corrected chi connectivity index (χ1v) is 10.4. The molecule has 31 heavy (non-hydrogen) atoms. The van der Waals surface area contributed by atoms with Crippen molar-refractivity contribution >= 4 is 23.2 Å². The Morgan fingerprint density at radius 2 is 1.39 bits per heavy atom. The maximum atomic E-state index is 13.0. The number of rotatable bonds is 7. The van der Waals surface area contributed by atoms with Crippen LogP contribution in [0.3, 0.4) is 0 Å². The number of nitrogens with one attached hydrogen (secondary N) is 3. The minimum atomic E-state index is -0.659. The molecule has 0 spiro atoms. The summed E-state index contributed by atoms with van der Waals surface area (Å²) in [5, 5.41) is 9.02. The highest BCUT2D eigenvalue weighted by Crippen LogP contribution is 2.22. The van der Waals surface area contributed by atoms with Crippen molar-refractivity contribution in [3.8, 4) is 0 Å². The van der Waals surface area contributed by atoms with Gasteiger partial charge in [0.15, 0.2) is 0 Å². The average Bonchev–Trinajstić information content (AvgIpc) is 2.73. The SMILES string of the molecule is Cc1ccc(NC(=O)[C@@H](NCC(=O)Nc2c(C)cc(C)cc2C)c2ccccc2)cc1. The lowest BCUT2D eigenvalue weighted by Gasteiger charge is -2.19. The van der Waals surface area contributed by atoms with Gasteiger partial charge in [-0.1, -0.05) is 65.7 Å². The topological polar surface area (TPSA) is 70.2 Å². The number of carbonyl (C=O) groups is 2. The van der Waals surface area contributed by atoms with Gasteiger partial charge in [-0.15, -0.1) is 0 Å². The van der Waals surface area contributed by atoms with Gasteiger partial charge >= 0.3 is 0 Å². The van der Waals surface area contributed by atoms with Crippen molar-refractivity contribution in [2.24, 2.45) is 0 Å². The molecule has 0 radical (unpaired) electrons. The summed E-state index contributed by atoms with van der Waals surface area (Å²) < 4.78 is 0. The van der Waals surface area contributed by atoms with E-state index >= 15 is 0 Å². The highest BCUT2D eigenvalue weighted by molar-refractivity contribution is 5.97. The molecule has 0 heterocycles. The molecule has 0 aliphatic heterocycles. The first-order chi connectivity index (χ1) is 14.8. The van der Waals surface area contributed by atoms with Crippen LogP contribution in [-0.4, -0.2) is 18.4 Å². The quantitative estimate of drug-likeness (QED) is 0.518. The normalized spacial score (nSPS) is 11.6. The Morgan fingerprint density at radius 1 is 0.774 bits per heavy atom. The van der Waals surface area contributed by atoms with Crippen LogP contribution in [0.15, 0.2) is 66.7 Å². The van der Waals surface area contributed by atoms with E-state index < -0.39 is 6.04 Å². The molecule has 0 aliphatic carbocycles. The Labute approximate surface area is 183 Å². The third kappa shape index (κ3) is 6.03. The Morgan fingerprint density at radius 3 is 2.00 bits per heavy atom. The van der Waals surface area contributed by atoms with E-state index in [1.807, 2.05) is 94.4 Å². The molecule has 160 valence electrons. The number of aryl methyl sites for hydroxylation is 4. The van der Waals surface area contributed by atoms with Crippen molar-refractivity contribution in [2.75, 3.05) is 17.2 Å². The van der Waals surface area contributed by atoms with E-state index in [0.29, 0.717) is 5.69 Å². The summed E-state index contributed by atoms with van der Waals surface area (Å²) >= 11 is 0. The smallest absolute Gasteiger partial charge is 0.246 e. The fourth-order valence-corrected chi connectivity index (χ4v) is 3.61. The molecular formula is C26H29N3O2. The van der Waals surface area contributed by atoms with Crippen molar-refractivity contribution in [3.05, 3.63) is 94.5 Å². The summed E-state index contributed by atoms with van der Waals surface area (Å²) in [5.74, 6) is -0.412. The largest absolute Gasteiger partial charge is 0.324 e. The van der Waals surface area contributed by atoms with Gasteiger partial charge in [0.2, 0.25) is 11.8 Å². The molecule has 0 aliphatic rings. The summed E-state index contributed by atoms with van der Waals surface area (Å²) in [6.45, 7) is 7.99. The van der Waals surface area contributed by atoms with Gasteiger partial charge in [0, 0.05) is 11.4 Å². The van der Waals surface area contributed by atoms with Crippen LogP contribution in [0.1, 0.15) is 33.9 Å². The lowest BCUT2D eigenvalue weighted by atomic mass is 10.0. The van der Waals surface area contributed by atoms with Crippen molar-refractivity contribution in [1.29, 1.82) is 0 Å². The van der Waals surface area contributed by atoms with Crippen molar-refractivity contribution in [1.82, 2.24) is 5.32 Å². The molecule has 0 aromatic heterocycles. The summed E-state index contributed by atoms with van der Waals surface area (Å²) in [7, 11) is 0. The third-order valence-corrected chi connectivity index (χ3v) is 5.12. The number of hydrogen-bond donors (Lipinski definition) is 3. The van der Waals surface area contributed by atoms with E-state index in [2.05, 4.69) is 16.0 Å². The van der Waals surface area contributed by atoms with Gasteiger partial charge in [-0.25, -0.2) is 0 Å². The standard InChI is InChI=1S/C26H29N3O2/c1-17-10-12-22(13-11-17)28-26(31)25(21-8-6-5-7-9-21)27-16-23(30)29-24-19(3)14-18(2)15-20(24)4/h5-15,25,27H,16H2,1-4H3,(H,28,31)(H,29,30)/t25-/m0/s1. The zero-order chi connectivity index (χ0) is 22.4. The van der Waals surface area contributed by atoms with Crippen LogP contribution >= 0.6 is 0 Å². The van der Waals surface area contributed by atoms with Crippen LogP contribution in [0.4, 0.5) is 11.4 Å². The molecule has 3 aromatic carbocycles. The highest BCUT2D eigenvalue weighted by Gasteiger charge is 2.21. The number of hydrogen-bond acceptors (Lipinski definition) is 3. The van der Waals surface area contributed by atoms with Crippen LogP contribution in [-0.2, 0) is 9.59 Å². The van der Waals surface area contributed by atoms with Crippen LogP contribution < -0.4 is 16.0 Å². The van der Waals surface area contributed by atoms with E-state index in [4.69, 9.17) is 0 Å². The Hall–Kier alpha value is -3.44. The Kier molecular flexibility index (Phi) is 7.21. The van der Waals surface area contributed by atoms with E-state index in [-0.39, 0.29) is 18.4 Å². The fourth-order valence-electron chi connectivity index (χ4n) is 3.61. The minimum Gasteiger partial charge on any atom is -0.324 e. The highest BCUT2D eigenvalue weighted by atomic mass is 16.2. The first-order valence-electron chi connectivity index (χ1n) is 10.4. The molecule has 3 N–H and O–H groups in total. The lowest BCUT2D eigenvalue weighted by Crippen LogP contribution is -2.38. The van der Waals surface area contributed by atoms with Gasteiger partial charge in [0.05, 0.1) is 6.54 Å². The van der Waals surface area contributed by atoms with E-state index in [9.17, 15) is 9.59 Å². The molecule has 3 rings (SSSR count). The molecule has 0 unspecified atom stereocenters. The molecule has 0 fully saturated rings. The summed E-state index contributed by atoms with van der Waals surface area (Å²) in [6, 6.07) is 20.4. The molecule has 5 heteroatoms. The summed E-state index contributed by atoms with van der Waals surface area (Å²) in [4.78, 5) is 25.7. The van der Waals surface area contributed by atoms with Gasteiger partial charge in [0.25, 0.3) is 0 Å². The Balaban J connectivity index is 1.71. The van der Waals surface area contributed by atoms with Gasteiger partial charge in [-0.2, -0.15) is 0 Å². The van der Waals surface area contributed by atoms with Crippen molar-refractivity contribution < 1.29 is 9.59 Å². The number of benzene rings is 3. The monoisotopic (exact) mass is 415 g/mol. The van der Waals surface area contributed by atoms with Crippen LogP contribution in [0.25, 0.3) is 0 Å². The lowest BCUT2D eigenvalue weighted by molar-refractivity contribution is -0.119. The van der Waals surface area contributed by atoms with Crippen molar-refractivity contribution in [2.45, 2.75) is 33.7 Å². The predicted octanol–water partition coefficient (Wildman–Crippen LogP) is 4.83. The van der Waals surface area contributed by atoms with Crippen LogP contribution in [0.2, 0.25) is 0 Å². The molecule has 0 bridgehead atoms. The molecule has 2 amide bonds. The maximum absolute atomic E-state index is 13.0. The zero-order valence-corrected chi connectivity index (χ0v) is 18.5. The summed E-state index contributed by atoms with van der Waals surface area (Å²) in [6.07, 6.45) is 0. The number of anilines is 2. The van der Waals surface area contributed by atoms with Crippen LogP contribution in [0, 0.1) is 27.7 Å². The molecule has 0 saturated carbocycles. The fraction of sp³-hybridized carbons (Fsp3) is 0.231. The van der Waals surface area contributed by atoms with Gasteiger partial charge in [-0.05, 0) is 56.5 Å². The second-order valence-electron chi connectivity index (χ2n) is 7.90. The van der Waals surface area contributed by atoms with Crippen LogP contribution in [0.5, 0.6) is 0 Å². The first kappa shape index (κ1) is 22.2. The predicted molar refractivity (Wildman–Crippen MR) is 126 cm³/mol.